The maximum absolute atomic E-state index is 12.7. The van der Waals surface area contributed by atoms with Gasteiger partial charge in [0.2, 0.25) is 5.91 Å². The lowest BCUT2D eigenvalue weighted by Gasteiger charge is -2.32. The summed E-state index contributed by atoms with van der Waals surface area (Å²) in [6, 6.07) is 6.89. The third-order valence-corrected chi connectivity index (χ3v) is 4.15. The molecule has 6 nitrogen and oxygen atoms in total. The maximum atomic E-state index is 12.7. The first-order chi connectivity index (χ1) is 10.4. The van der Waals surface area contributed by atoms with Crippen LogP contribution in [0.4, 0.5) is 10.5 Å². The highest BCUT2D eigenvalue weighted by Gasteiger charge is 2.31. The number of rotatable bonds is 3. The van der Waals surface area contributed by atoms with Crippen molar-refractivity contribution in [2.75, 3.05) is 18.5 Å². The molecule has 0 saturated carbocycles. The van der Waals surface area contributed by atoms with Crippen LogP contribution >= 0.6 is 0 Å². The van der Waals surface area contributed by atoms with Gasteiger partial charge in [-0.05, 0) is 25.0 Å². The summed E-state index contributed by atoms with van der Waals surface area (Å²) in [6.07, 6.45) is 0.855. The Morgan fingerprint density at radius 1 is 1.41 bits per heavy atom. The van der Waals surface area contributed by atoms with E-state index in [1.54, 1.807) is 6.92 Å². The Hall–Kier alpha value is -2.24. The third kappa shape index (κ3) is 3.32. The zero-order chi connectivity index (χ0) is 16.3. The van der Waals surface area contributed by atoms with E-state index >= 15 is 0 Å². The summed E-state index contributed by atoms with van der Waals surface area (Å²) in [4.78, 5) is 27.7. The van der Waals surface area contributed by atoms with Crippen molar-refractivity contribution in [2.24, 2.45) is 5.73 Å². The van der Waals surface area contributed by atoms with Crippen molar-refractivity contribution >= 4 is 17.6 Å². The monoisotopic (exact) mass is 304 g/mol. The predicted molar refractivity (Wildman–Crippen MR) is 86.5 cm³/mol. The molecule has 22 heavy (non-hydrogen) atoms. The van der Waals surface area contributed by atoms with E-state index in [2.05, 4.69) is 23.2 Å². The van der Waals surface area contributed by atoms with Crippen molar-refractivity contribution in [1.29, 1.82) is 0 Å². The number of likely N-dealkylation sites (N-methyl/N-ethyl adjacent to an activating group) is 1. The zero-order valence-corrected chi connectivity index (χ0v) is 13.4. The second-order valence-electron chi connectivity index (χ2n) is 5.77. The predicted octanol–water partition coefficient (Wildman–Crippen LogP) is 1.30. The average molecular weight is 304 g/mol. The molecular formula is C16H24N4O2. The fourth-order valence-corrected chi connectivity index (χ4v) is 2.97. The summed E-state index contributed by atoms with van der Waals surface area (Å²) in [6.45, 7) is 5.05. The molecule has 1 aliphatic heterocycles. The third-order valence-electron chi connectivity index (χ3n) is 4.15. The number of para-hydroxylation sites is 1. The first-order valence-electron chi connectivity index (χ1n) is 7.59. The van der Waals surface area contributed by atoms with Crippen LogP contribution < -0.4 is 16.0 Å². The van der Waals surface area contributed by atoms with Crippen LogP contribution in [-0.2, 0) is 11.3 Å². The van der Waals surface area contributed by atoms with Gasteiger partial charge < -0.3 is 20.9 Å². The van der Waals surface area contributed by atoms with Crippen molar-refractivity contribution in [2.45, 2.75) is 38.9 Å². The molecule has 2 rings (SSSR count). The number of anilines is 1. The minimum absolute atomic E-state index is 0.0991. The Bertz CT molecular complexity index is 561. The maximum Gasteiger partial charge on any atom is 0.312 e. The lowest BCUT2D eigenvalue weighted by atomic mass is 10.1. The molecule has 2 atom stereocenters. The molecule has 0 aliphatic carbocycles. The molecule has 0 radical (unpaired) electrons. The second-order valence-corrected chi connectivity index (χ2v) is 5.77. The Morgan fingerprint density at radius 3 is 2.73 bits per heavy atom. The molecule has 1 aromatic rings. The molecule has 0 spiro atoms. The van der Waals surface area contributed by atoms with Gasteiger partial charge in [0.25, 0.3) is 0 Å². The minimum Gasteiger partial charge on any atom is -0.372 e. The van der Waals surface area contributed by atoms with Gasteiger partial charge in [-0.2, -0.15) is 0 Å². The van der Waals surface area contributed by atoms with Crippen molar-refractivity contribution < 1.29 is 9.59 Å². The Morgan fingerprint density at radius 2 is 2.09 bits per heavy atom. The van der Waals surface area contributed by atoms with E-state index in [9.17, 15) is 9.59 Å². The van der Waals surface area contributed by atoms with E-state index < -0.39 is 12.1 Å². The molecule has 0 fully saturated rings. The highest BCUT2D eigenvalue weighted by atomic mass is 16.2. The van der Waals surface area contributed by atoms with Crippen LogP contribution in [-0.4, -0.2) is 42.5 Å². The smallest absolute Gasteiger partial charge is 0.312 e. The van der Waals surface area contributed by atoms with Gasteiger partial charge in [-0.25, -0.2) is 4.79 Å². The summed E-state index contributed by atoms with van der Waals surface area (Å²) >= 11 is 0. The molecule has 0 unspecified atom stereocenters. The van der Waals surface area contributed by atoms with E-state index in [0.29, 0.717) is 6.54 Å². The van der Waals surface area contributed by atoms with Gasteiger partial charge in [-0.3, -0.25) is 4.79 Å². The van der Waals surface area contributed by atoms with Gasteiger partial charge >= 0.3 is 6.03 Å². The molecule has 0 bridgehead atoms. The summed E-state index contributed by atoms with van der Waals surface area (Å²) in [7, 11) is 2.04. The van der Waals surface area contributed by atoms with E-state index in [0.717, 1.165) is 24.2 Å². The lowest BCUT2D eigenvalue weighted by Crippen LogP contribution is -2.52. The Kier molecular flexibility index (Phi) is 4.90. The van der Waals surface area contributed by atoms with E-state index in [-0.39, 0.29) is 11.9 Å². The molecule has 1 aromatic carbocycles. The van der Waals surface area contributed by atoms with E-state index in [4.69, 9.17) is 5.73 Å². The van der Waals surface area contributed by atoms with Crippen LogP contribution in [0.2, 0.25) is 0 Å². The molecule has 0 saturated heterocycles. The minimum atomic E-state index is -0.679. The van der Waals surface area contributed by atoms with Crippen LogP contribution in [0.1, 0.15) is 25.8 Å². The Balaban J connectivity index is 2.29. The first kappa shape index (κ1) is 16.1. The highest BCUT2D eigenvalue weighted by molar-refractivity contribution is 5.86. The largest absolute Gasteiger partial charge is 0.372 e. The average Bonchev–Trinajstić information content (AvgIpc) is 2.63. The molecular weight excluding hydrogens is 280 g/mol. The van der Waals surface area contributed by atoms with E-state index in [1.807, 2.05) is 30.1 Å². The Labute approximate surface area is 131 Å². The number of amides is 3. The van der Waals surface area contributed by atoms with Gasteiger partial charge in [0.15, 0.2) is 0 Å². The number of carbonyl (C=O) groups excluding carboxylic acids is 2. The van der Waals surface area contributed by atoms with Crippen molar-refractivity contribution in [3.05, 3.63) is 29.8 Å². The van der Waals surface area contributed by atoms with Crippen molar-refractivity contribution in [3.63, 3.8) is 0 Å². The summed E-state index contributed by atoms with van der Waals surface area (Å²) < 4.78 is 0. The number of nitrogens with zero attached hydrogens (tertiary/aromatic N) is 2. The number of urea groups is 1. The van der Waals surface area contributed by atoms with Crippen LogP contribution in [0.15, 0.2) is 24.3 Å². The number of nitrogens with one attached hydrogen (secondary N) is 1. The van der Waals surface area contributed by atoms with Crippen molar-refractivity contribution in [3.8, 4) is 0 Å². The quantitative estimate of drug-likeness (QED) is 0.883. The number of benzene rings is 1. The fraction of sp³-hybridized carbons (Fsp3) is 0.500. The van der Waals surface area contributed by atoms with E-state index in [1.165, 1.54) is 0 Å². The summed E-state index contributed by atoms with van der Waals surface area (Å²) in [5, 5.41) is 2.47. The van der Waals surface area contributed by atoms with Crippen LogP contribution in [0.3, 0.4) is 0 Å². The van der Waals surface area contributed by atoms with Gasteiger partial charge in [0.05, 0.1) is 0 Å². The van der Waals surface area contributed by atoms with Crippen LogP contribution in [0.25, 0.3) is 0 Å². The van der Waals surface area contributed by atoms with Crippen LogP contribution in [0, 0.1) is 0 Å². The summed E-state index contributed by atoms with van der Waals surface area (Å²) in [5.41, 5.74) is 7.39. The lowest BCUT2D eigenvalue weighted by molar-refractivity contribution is -0.135. The second kappa shape index (κ2) is 6.68. The standard InChI is InChI=1S/C16H24N4O2/c1-4-13-10-19(3)14-8-6-5-7-12(14)9-20(13)15(21)11(2)18-16(17)22/h5-8,11,13H,4,9-10H2,1-3H3,(H3,17,18,22)/t11-,13+/m0/s1. The van der Waals surface area contributed by atoms with Gasteiger partial charge in [-0.1, -0.05) is 25.1 Å². The fourth-order valence-electron chi connectivity index (χ4n) is 2.97. The molecule has 120 valence electrons. The van der Waals surface area contributed by atoms with Crippen LogP contribution in [0.5, 0.6) is 0 Å². The molecule has 0 aromatic heterocycles. The number of hydrogen-bond donors (Lipinski definition) is 2. The molecule has 3 N–H and O–H groups in total. The number of carbonyl (C=O) groups is 2. The zero-order valence-electron chi connectivity index (χ0n) is 13.4. The number of hydrogen-bond acceptors (Lipinski definition) is 3. The molecule has 6 heteroatoms. The topological polar surface area (TPSA) is 78.7 Å². The van der Waals surface area contributed by atoms with Gasteiger partial charge in [-0.15, -0.1) is 0 Å². The molecule has 1 heterocycles. The van der Waals surface area contributed by atoms with Crippen molar-refractivity contribution in [1.82, 2.24) is 10.2 Å². The van der Waals surface area contributed by atoms with Gasteiger partial charge in [0.1, 0.15) is 6.04 Å². The normalized spacial score (nSPS) is 19.1. The number of nitrogens with two attached hydrogens (primary N) is 1. The number of primary amides is 1. The highest BCUT2D eigenvalue weighted by Crippen LogP contribution is 2.27. The first-order valence-corrected chi connectivity index (χ1v) is 7.59. The number of fused-ring (bicyclic) bond motifs is 1. The summed E-state index contributed by atoms with van der Waals surface area (Å²) in [5.74, 6) is -0.101. The molecule has 3 amide bonds. The SMILES string of the molecule is CC[C@@H]1CN(C)c2ccccc2CN1C(=O)[C@H](C)NC(N)=O. The molecule has 1 aliphatic rings. The van der Waals surface area contributed by atoms with Gasteiger partial charge in [0, 0.05) is 31.9 Å².